The van der Waals surface area contributed by atoms with Crippen molar-refractivity contribution in [1.82, 2.24) is 19.5 Å². The van der Waals surface area contributed by atoms with Gasteiger partial charge in [-0.25, -0.2) is 9.50 Å². The zero-order chi connectivity index (χ0) is 12.4. The molecule has 5 nitrogen and oxygen atoms in total. The summed E-state index contributed by atoms with van der Waals surface area (Å²) in [5, 5.41) is 7.68. The molecular weight excluding hydrogens is 226 g/mol. The summed E-state index contributed by atoms with van der Waals surface area (Å²) < 4.78 is 1.85. The van der Waals surface area contributed by atoms with Gasteiger partial charge in [-0.2, -0.15) is 5.10 Å². The number of piperidine rings is 1. The van der Waals surface area contributed by atoms with Crippen LogP contribution in [0.2, 0.25) is 0 Å². The Morgan fingerprint density at radius 3 is 3.28 bits per heavy atom. The van der Waals surface area contributed by atoms with Crippen molar-refractivity contribution >= 4 is 11.3 Å². The molecular formula is C13H19N5. The Morgan fingerprint density at radius 2 is 2.39 bits per heavy atom. The van der Waals surface area contributed by atoms with Gasteiger partial charge in [0.1, 0.15) is 5.52 Å². The monoisotopic (exact) mass is 245 g/mol. The van der Waals surface area contributed by atoms with Gasteiger partial charge in [0.25, 0.3) is 0 Å². The van der Waals surface area contributed by atoms with Crippen molar-refractivity contribution in [2.75, 3.05) is 32.0 Å². The van der Waals surface area contributed by atoms with Crippen molar-refractivity contribution in [2.24, 2.45) is 5.92 Å². The summed E-state index contributed by atoms with van der Waals surface area (Å²) in [6.07, 6.45) is 8.06. The number of aromatic nitrogens is 3. The van der Waals surface area contributed by atoms with Crippen LogP contribution in [0.25, 0.3) is 5.52 Å². The molecule has 96 valence electrons. The zero-order valence-electron chi connectivity index (χ0n) is 10.7. The lowest BCUT2D eigenvalue weighted by Crippen LogP contribution is -2.35. The van der Waals surface area contributed by atoms with Crippen LogP contribution >= 0.6 is 0 Å². The molecule has 0 aliphatic carbocycles. The SMILES string of the molecule is CN1CCCC(CNc2nccn3nccc23)C1. The second-order valence-electron chi connectivity index (χ2n) is 5.09. The molecule has 0 bridgehead atoms. The van der Waals surface area contributed by atoms with Gasteiger partial charge in [-0.1, -0.05) is 0 Å². The van der Waals surface area contributed by atoms with E-state index in [-0.39, 0.29) is 0 Å². The molecule has 1 unspecified atom stereocenters. The summed E-state index contributed by atoms with van der Waals surface area (Å²) in [6, 6.07) is 1.99. The Hall–Kier alpha value is -1.62. The highest BCUT2D eigenvalue weighted by molar-refractivity contribution is 5.66. The Labute approximate surface area is 107 Å². The smallest absolute Gasteiger partial charge is 0.152 e. The molecule has 1 N–H and O–H groups in total. The molecule has 3 rings (SSSR count). The van der Waals surface area contributed by atoms with E-state index in [1.165, 1.54) is 25.9 Å². The van der Waals surface area contributed by atoms with Crippen LogP contribution < -0.4 is 5.32 Å². The minimum absolute atomic E-state index is 0.716. The van der Waals surface area contributed by atoms with E-state index >= 15 is 0 Å². The third kappa shape index (κ3) is 2.31. The van der Waals surface area contributed by atoms with Crippen molar-refractivity contribution in [3.8, 4) is 0 Å². The Morgan fingerprint density at radius 1 is 1.44 bits per heavy atom. The van der Waals surface area contributed by atoms with Crippen LogP contribution in [-0.4, -0.2) is 46.2 Å². The largest absolute Gasteiger partial charge is 0.368 e. The molecule has 0 saturated carbocycles. The second kappa shape index (κ2) is 4.94. The molecule has 3 heterocycles. The normalized spacial score (nSPS) is 21.3. The highest BCUT2D eigenvalue weighted by Crippen LogP contribution is 2.17. The lowest BCUT2D eigenvalue weighted by atomic mass is 9.98. The lowest BCUT2D eigenvalue weighted by Gasteiger charge is -2.29. The summed E-state index contributed by atoms with van der Waals surface area (Å²) in [6.45, 7) is 3.39. The molecule has 0 spiro atoms. The molecule has 1 saturated heterocycles. The highest BCUT2D eigenvalue weighted by Gasteiger charge is 2.17. The Bertz CT molecular complexity index is 521. The van der Waals surface area contributed by atoms with Gasteiger partial charge in [-0.05, 0) is 38.4 Å². The molecule has 1 aliphatic heterocycles. The first-order chi connectivity index (χ1) is 8.83. The molecule has 1 atom stereocenters. The van der Waals surface area contributed by atoms with Crippen molar-refractivity contribution in [2.45, 2.75) is 12.8 Å². The second-order valence-corrected chi connectivity index (χ2v) is 5.09. The van der Waals surface area contributed by atoms with Crippen LogP contribution in [0.4, 0.5) is 5.82 Å². The van der Waals surface area contributed by atoms with Gasteiger partial charge >= 0.3 is 0 Å². The Balaban J connectivity index is 1.67. The average molecular weight is 245 g/mol. The average Bonchev–Trinajstić information content (AvgIpc) is 2.85. The van der Waals surface area contributed by atoms with Crippen molar-refractivity contribution in [3.05, 3.63) is 24.7 Å². The third-order valence-electron chi connectivity index (χ3n) is 3.60. The predicted octanol–water partition coefficient (Wildman–Crippen LogP) is 1.48. The molecule has 2 aromatic rings. The molecule has 1 fully saturated rings. The maximum absolute atomic E-state index is 4.40. The maximum atomic E-state index is 4.40. The number of rotatable bonds is 3. The Kier molecular flexibility index (Phi) is 3.15. The predicted molar refractivity (Wildman–Crippen MR) is 71.7 cm³/mol. The molecule has 5 heteroatoms. The van der Waals surface area contributed by atoms with Crippen LogP contribution in [0.3, 0.4) is 0 Å². The van der Waals surface area contributed by atoms with Crippen LogP contribution in [0.15, 0.2) is 24.7 Å². The number of nitrogens with one attached hydrogen (secondary N) is 1. The standard InChI is InChI=1S/C13H19N5/c1-17-7-2-3-11(10-17)9-15-13-12-4-5-16-18(12)8-6-14-13/h4-6,8,11H,2-3,7,9-10H2,1H3,(H,14,15). The fourth-order valence-electron chi connectivity index (χ4n) is 2.67. The fraction of sp³-hybridized carbons (Fsp3) is 0.538. The van der Waals surface area contributed by atoms with Gasteiger partial charge in [0.05, 0.1) is 6.20 Å². The first-order valence-corrected chi connectivity index (χ1v) is 6.54. The lowest BCUT2D eigenvalue weighted by molar-refractivity contribution is 0.217. The number of hydrogen-bond acceptors (Lipinski definition) is 4. The molecule has 2 aromatic heterocycles. The molecule has 1 aliphatic rings. The van der Waals surface area contributed by atoms with Crippen LogP contribution in [-0.2, 0) is 0 Å². The van der Waals surface area contributed by atoms with E-state index in [1.807, 2.05) is 16.8 Å². The molecule has 18 heavy (non-hydrogen) atoms. The van der Waals surface area contributed by atoms with Gasteiger partial charge in [0, 0.05) is 25.5 Å². The van der Waals surface area contributed by atoms with Crippen molar-refractivity contribution in [3.63, 3.8) is 0 Å². The number of nitrogens with zero attached hydrogens (tertiary/aromatic N) is 4. The topological polar surface area (TPSA) is 45.5 Å². The van der Waals surface area contributed by atoms with E-state index in [1.54, 1.807) is 12.4 Å². The fourth-order valence-corrected chi connectivity index (χ4v) is 2.67. The first kappa shape index (κ1) is 11.5. The maximum Gasteiger partial charge on any atom is 0.152 e. The van der Waals surface area contributed by atoms with Crippen LogP contribution in [0.1, 0.15) is 12.8 Å². The number of anilines is 1. The van der Waals surface area contributed by atoms with Crippen LogP contribution in [0.5, 0.6) is 0 Å². The van der Waals surface area contributed by atoms with Gasteiger partial charge in [0.2, 0.25) is 0 Å². The van der Waals surface area contributed by atoms with Crippen LogP contribution in [0, 0.1) is 5.92 Å². The molecule has 0 amide bonds. The van der Waals surface area contributed by atoms with E-state index in [2.05, 4.69) is 27.3 Å². The highest BCUT2D eigenvalue weighted by atomic mass is 15.2. The quantitative estimate of drug-likeness (QED) is 0.889. The zero-order valence-corrected chi connectivity index (χ0v) is 10.7. The molecule has 0 radical (unpaired) electrons. The summed E-state index contributed by atoms with van der Waals surface area (Å²) in [4.78, 5) is 6.80. The summed E-state index contributed by atoms with van der Waals surface area (Å²) in [5.41, 5.74) is 1.04. The summed E-state index contributed by atoms with van der Waals surface area (Å²) >= 11 is 0. The van der Waals surface area contributed by atoms with Crippen molar-refractivity contribution in [1.29, 1.82) is 0 Å². The van der Waals surface area contributed by atoms with Gasteiger partial charge in [0.15, 0.2) is 5.82 Å². The van der Waals surface area contributed by atoms with E-state index < -0.39 is 0 Å². The van der Waals surface area contributed by atoms with E-state index in [0.717, 1.165) is 17.9 Å². The van der Waals surface area contributed by atoms with E-state index in [0.29, 0.717) is 5.92 Å². The third-order valence-corrected chi connectivity index (χ3v) is 3.60. The van der Waals surface area contributed by atoms with Gasteiger partial charge < -0.3 is 10.2 Å². The number of hydrogen-bond donors (Lipinski definition) is 1. The first-order valence-electron chi connectivity index (χ1n) is 6.54. The molecule has 0 aromatic carbocycles. The van der Waals surface area contributed by atoms with Crippen molar-refractivity contribution < 1.29 is 0 Å². The minimum Gasteiger partial charge on any atom is -0.368 e. The number of fused-ring (bicyclic) bond motifs is 1. The van der Waals surface area contributed by atoms with Gasteiger partial charge in [-0.3, -0.25) is 0 Å². The number of likely N-dealkylation sites (tertiary alicyclic amines) is 1. The minimum atomic E-state index is 0.716. The van der Waals surface area contributed by atoms with E-state index in [4.69, 9.17) is 0 Å². The van der Waals surface area contributed by atoms with E-state index in [9.17, 15) is 0 Å². The van der Waals surface area contributed by atoms with Gasteiger partial charge in [-0.15, -0.1) is 0 Å². The summed E-state index contributed by atoms with van der Waals surface area (Å²) in [5.74, 6) is 1.65. The summed E-state index contributed by atoms with van der Waals surface area (Å²) in [7, 11) is 2.20.